The van der Waals surface area contributed by atoms with Crippen LogP contribution in [0.2, 0.25) is 0 Å². The predicted octanol–water partition coefficient (Wildman–Crippen LogP) is 2.71. The Kier molecular flexibility index (Phi) is 5.27. The molecule has 6 heteroatoms. The summed E-state index contributed by atoms with van der Waals surface area (Å²) in [5.41, 5.74) is 1.03. The quantitative estimate of drug-likeness (QED) is 0.618. The van der Waals surface area contributed by atoms with Crippen molar-refractivity contribution in [3.63, 3.8) is 0 Å². The summed E-state index contributed by atoms with van der Waals surface area (Å²) in [5.74, 6) is 0.842. The molecule has 0 bridgehead atoms. The summed E-state index contributed by atoms with van der Waals surface area (Å²) >= 11 is 0. The molecule has 0 aromatic heterocycles. The van der Waals surface area contributed by atoms with Gasteiger partial charge in [0.15, 0.2) is 0 Å². The summed E-state index contributed by atoms with van der Waals surface area (Å²) in [5, 5.41) is 2.95. The zero-order valence-electron chi connectivity index (χ0n) is 12.0. The second-order valence-electron chi connectivity index (χ2n) is 5.60. The van der Waals surface area contributed by atoms with Gasteiger partial charge < -0.3 is 5.32 Å². The zero-order chi connectivity index (χ0) is 15.5. The summed E-state index contributed by atoms with van der Waals surface area (Å²) < 4.78 is 22.2. The maximum atomic E-state index is 11.8. The van der Waals surface area contributed by atoms with Crippen LogP contribution in [0.3, 0.4) is 0 Å². The topological polar surface area (TPSA) is 63.2 Å². The predicted molar refractivity (Wildman–Crippen MR) is 82.7 cm³/mol. The minimum absolute atomic E-state index is 0.111. The number of halogens is 1. The fourth-order valence-electron chi connectivity index (χ4n) is 2.29. The first kappa shape index (κ1) is 16.3. The average Bonchev–Trinajstić information content (AvgIpc) is 3.26. The molecule has 1 aliphatic rings. The summed E-state index contributed by atoms with van der Waals surface area (Å²) in [6, 6.07) is 6.52. The molecule has 1 atom stereocenters. The van der Waals surface area contributed by atoms with Crippen molar-refractivity contribution in [2.45, 2.75) is 37.5 Å². The smallest absolute Gasteiger partial charge is 0.261 e. The third kappa shape index (κ3) is 5.00. The molecular weight excluding hydrogens is 310 g/mol. The number of nitrogens with one attached hydrogen (secondary N) is 1. The number of benzene rings is 1. The van der Waals surface area contributed by atoms with Crippen LogP contribution in [-0.4, -0.2) is 20.9 Å². The first-order valence-corrected chi connectivity index (χ1v) is 9.50. The normalized spacial score (nSPS) is 16.5. The van der Waals surface area contributed by atoms with Crippen LogP contribution >= 0.6 is 10.7 Å². The first-order chi connectivity index (χ1) is 9.88. The van der Waals surface area contributed by atoms with Gasteiger partial charge in [-0.2, -0.15) is 0 Å². The molecular formula is C15H20ClNO3S. The Morgan fingerprint density at radius 1 is 1.33 bits per heavy atom. The van der Waals surface area contributed by atoms with Gasteiger partial charge in [0.25, 0.3) is 9.05 Å². The maximum absolute atomic E-state index is 11.8. The molecule has 1 N–H and O–H groups in total. The molecule has 1 aromatic carbocycles. The Bertz CT molecular complexity index is 594. The second-order valence-corrected chi connectivity index (χ2v) is 8.17. The average molecular weight is 330 g/mol. The van der Waals surface area contributed by atoms with Crippen molar-refractivity contribution in [1.82, 2.24) is 5.32 Å². The van der Waals surface area contributed by atoms with Crippen molar-refractivity contribution >= 4 is 25.6 Å². The molecule has 0 aliphatic heterocycles. The SMILES string of the molecule is CC(C(=O)NCCCc1ccc(S(=O)(=O)Cl)cc1)C1CC1. The van der Waals surface area contributed by atoms with E-state index < -0.39 is 9.05 Å². The van der Waals surface area contributed by atoms with Gasteiger partial charge in [0.1, 0.15) is 0 Å². The van der Waals surface area contributed by atoms with Crippen molar-refractivity contribution in [2.24, 2.45) is 11.8 Å². The Morgan fingerprint density at radius 2 is 1.95 bits per heavy atom. The third-order valence-electron chi connectivity index (χ3n) is 3.89. The Morgan fingerprint density at radius 3 is 2.48 bits per heavy atom. The molecule has 0 radical (unpaired) electrons. The van der Waals surface area contributed by atoms with Crippen LogP contribution in [0.4, 0.5) is 0 Å². The van der Waals surface area contributed by atoms with Gasteiger partial charge in [0.05, 0.1) is 4.90 Å². The molecule has 0 saturated heterocycles. The van der Waals surface area contributed by atoms with Crippen molar-refractivity contribution in [1.29, 1.82) is 0 Å². The van der Waals surface area contributed by atoms with E-state index in [0.29, 0.717) is 12.5 Å². The van der Waals surface area contributed by atoms with E-state index in [1.807, 2.05) is 6.92 Å². The van der Waals surface area contributed by atoms with Crippen LogP contribution in [0.5, 0.6) is 0 Å². The monoisotopic (exact) mass is 329 g/mol. The van der Waals surface area contributed by atoms with Gasteiger partial charge in [0.2, 0.25) is 5.91 Å². The molecule has 1 fully saturated rings. The highest BCUT2D eigenvalue weighted by atomic mass is 35.7. The van der Waals surface area contributed by atoms with Gasteiger partial charge in [-0.15, -0.1) is 0 Å². The van der Waals surface area contributed by atoms with Gasteiger partial charge in [-0.25, -0.2) is 8.42 Å². The van der Waals surface area contributed by atoms with E-state index in [0.717, 1.165) is 18.4 Å². The highest BCUT2D eigenvalue weighted by molar-refractivity contribution is 8.13. The minimum Gasteiger partial charge on any atom is -0.356 e. The van der Waals surface area contributed by atoms with E-state index in [4.69, 9.17) is 10.7 Å². The van der Waals surface area contributed by atoms with E-state index in [2.05, 4.69) is 5.32 Å². The number of aryl methyl sites for hydroxylation is 1. The van der Waals surface area contributed by atoms with Crippen molar-refractivity contribution in [3.8, 4) is 0 Å². The largest absolute Gasteiger partial charge is 0.356 e. The lowest BCUT2D eigenvalue weighted by Gasteiger charge is -2.10. The van der Waals surface area contributed by atoms with Gasteiger partial charge in [-0.3, -0.25) is 4.79 Å². The fourth-order valence-corrected chi connectivity index (χ4v) is 3.06. The molecule has 21 heavy (non-hydrogen) atoms. The van der Waals surface area contributed by atoms with Gasteiger partial charge >= 0.3 is 0 Å². The molecule has 1 saturated carbocycles. The van der Waals surface area contributed by atoms with Gasteiger partial charge in [-0.1, -0.05) is 19.1 Å². The number of amides is 1. The van der Waals surface area contributed by atoms with Crippen molar-refractivity contribution in [3.05, 3.63) is 29.8 Å². The molecule has 116 valence electrons. The van der Waals surface area contributed by atoms with Crippen molar-refractivity contribution in [2.75, 3.05) is 6.54 Å². The van der Waals surface area contributed by atoms with Crippen molar-refractivity contribution < 1.29 is 13.2 Å². The van der Waals surface area contributed by atoms with E-state index in [1.54, 1.807) is 12.1 Å². The molecule has 0 spiro atoms. The van der Waals surface area contributed by atoms with Gasteiger partial charge in [-0.05, 0) is 49.3 Å². The lowest BCUT2D eigenvalue weighted by Crippen LogP contribution is -2.31. The Hall–Kier alpha value is -1.07. The van der Waals surface area contributed by atoms with E-state index in [-0.39, 0.29) is 16.7 Å². The van der Waals surface area contributed by atoms with Crippen LogP contribution in [0, 0.1) is 11.8 Å². The highest BCUT2D eigenvalue weighted by Gasteiger charge is 2.32. The Labute approximate surface area is 130 Å². The third-order valence-corrected chi connectivity index (χ3v) is 5.26. The summed E-state index contributed by atoms with van der Waals surface area (Å²) in [4.78, 5) is 11.9. The van der Waals surface area contributed by atoms with Crippen LogP contribution < -0.4 is 5.32 Å². The number of hydrogen-bond acceptors (Lipinski definition) is 3. The summed E-state index contributed by atoms with van der Waals surface area (Å²) in [6.45, 7) is 2.63. The lowest BCUT2D eigenvalue weighted by molar-refractivity contribution is -0.125. The molecule has 0 heterocycles. The molecule has 1 aromatic rings. The van der Waals surface area contributed by atoms with Crippen LogP contribution in [0.1, 0.15) is 31.7 Å². The maximum Gasteiger partial charge on any atom is 0.261 e. The molecule has 2 rings (SSSR count). The number of rotatable bonds is 7. The van der Waals surface area contributed by atoms with E-state index >= 15 is 0 Å². The van der Waals surface area contributed by atoms with Crippen LogP contribution in [0.25, 0.3) is 0 Å². The van der Waals surface area contributed by atoms with E-state index in [1.165, 1.54) is 25.0 Å². The fraction of sp³-hybridized carbons (Fsp3) is 0.533. The summed E-state index contributed by atoms with van der Waals surface area (Å²) in [7, 11) is 1.60. The zero-order valence-corrected chi connectivity index (χ0v) is 13.6. The van der Waals surface area contributed by atoms with Gasteiger partial charge in [0, 0.05) is 23.1 Å². The standard InChI is InChI=1S/C15H20ClNO3S/c1-11(13-6-7-13)15(18)17-10-2-3-12-4-8-14(9-5-12)21(16,19)20/h4-5,8-9,11,13H,2-3,6-7,10H2,1H3,(H,17,18). The van der Waals surface area contributed by atoms with E-state index in [9.17, 15) is 13.2 Å². The number of carbonyl (C=O) groups is 1. The second kappa shape index (κ2) is 6.79. The first-order valence-electron chi connectivity index (χ1n) is 7.19. The highest BCUT2D eigenvalue weighted by Crippen LogP contribution is 2.36. The number of hydrogen-bond donors (Lipinski definition) is 1. The Balaban J connectivity index is 1.72. The summed E-state index contributed by atoms with van der Waals surface area (Å²) in [6.07, 6.45) is 3.96. The molecule has 4 nitrogen and oxygen atoms in total. The number of carbonyl (C=O) groups excluding carboxylic acids is 1. The van der Waals surface area contributed by atoms with Crippen LogP contribution in [0.15, 0.2) is 29.2 Å². The molecule has 1 aliphatic carbocycles. The lowest BCUT2D eigenvalue weighted by atomic mass is 10.1. The minimum atomic E-state index is -3.65. The van der Waals surface area contributed by atoms with Crippen LogP contribution in [-0.2, 0) is 20.3 Å². The molecule has 1 amide bonds. The molecule has 1 unspecified atom stereocenters.